The molecule has 1 aromatic heterocycles. The van der Waals surface area contributed by atoms with E-state index in [0.29, 0.717) is 17.4 Å². The predicted molar refractivity (Wildman–Crippen MR) is 95.1 cm³/mol. The molecule has 0 saturated carbocycles. The van der Waals surface area contributed by atoms with Gasteiger partial charge in [-0.25, -0.2) is 9.97 Å². The van der Waals surface area contributed by atoms with Crippen molar-refractivity contribution < 1.29 is 9.84 Å². The third kappa shape index (κ3) is 3.48. The fourth-order valence-corrected chi connectivity index (χ4v) is 2.49. The molecule has 120 valence electrons. The second-order valence-electron chi connectivity index (χ2n) is 5.07. The lowest BCUT2D eigenvalue weighted by Gasteiger charge is -2.06. The molecule has 0 spiro atoms. The quantitative estimate of drug-likeness (QED) is 0.584. The monoisotopic (exact) mass is 338 g/mol. The van der Waals surface area contributed by atoms with Crippen LogP contribution in [0.25, 0.3) is 22.3 Å². The van der Waals surface area contributed by atoms with E-state index in [9.17, 15) is 0 Å². The predicted octanol–water partition coefficient (Wildman–Crippen LogP) is 3.69. The van der Waals surface area contributed by atoms with E-state index < -0.39 is 0 Å². The van der Waals surface area contributed by atoms with Crippen LogP contribution >= 0.6 is 11.6 Å². The van der Waals surface area contributed by atoms with Gasteiger partial charge < -0.3 is 9.84 Å². The molecule has 4 nitrogen and oxygen atoms in total. The summed E-state index contributed by atoms with van der Waals surface area (Å²) >= 11 is 6.34. The standard InChI is InChI=1S/C19H15ClN2O2/c1-24-15-8-6-14(7-9-15)19-21-17-10-5-13(4-2-3-11-23)12-16(17)18(20)22-19/h5-10,12,23H,3,11H2,1H3. The molecule has 0 saturated heterocycles. The second-order valence-corrected chi connectivity index (χ2v) is 5.43. The molecule has 0 unspecified atom stereocenters. The smallest absolute Gasteiger partial charge is 0.161 e. The molecule has 0 amide bonds. The summed E-state index contributed by atoms with van der Waals surface area (Å²) in [5.74, 6) is 7.21. The second kappa shape index (κ2) is 7.31. The van der Waals surface area contributed by atoms with Crippen LogP contribution in [0, 0.1) is 11.8 Å². The van der Waals surface area contributed by atoms with E-state index in [1.807, 2.05) is 42.5 Å². The number of halogens is 1. The number of ether oxygens (including phenoxy) is 1. The number of hydrogen-bond acceptors (Lipinski definition) is 4. The highest BCUT2D eigenvalue weighted by Crippen LogP contribution is 2.26. The van der Waals surface area contributed by atoms with Crippen molar-refractivity contribution in [2.75, 3.05) is 13.7 Å². The number of aliphatic hydroxyl groups is 1. The lowest BCUT2D eigenvalue weighted by atomic mass is 10.1. The molecule has 24 heavy (non-hydrogen) atoms. The van der Waals surface area contributed by atoms with E-state index in [1.54, 1.807) is 7.11 Å². The lowest BCUT2D eigenvalue weighted by Crippen LogP contribution is -1.93. The summed E-state index contributed by atoms with van der Waals surface area (Å²) in [5, 5.41) is 9.92. The zero-order valence-corrected chi connectivity index (χ0v) is 13.8. The maximum Gasteiger partial charge on any atom is 0.161 e. The van der Waals surface area contributed by atoms with Crippen molar-refractivity contribution in [1.82, 2.24) is 9.97 Å². The number of hydrogen-bond donors (Lipinski definition) is 1. The minimum Gasteiger partial charge on any atom is -0.497 e. The van der Waals surface area contributed by atoms with Crippen molar-refractivity contribution in [3.8, 4) is 29.0 Å². The third-order valence-corrected chi connectivity index (χ3v) is 3.76. The molecular weight excluding hydrogens is 324 g/mol. The lowest BCUT2D eigenvalue weighted by molar-refractivity contribution is 0.305. The van der Waals surface area contributed by atoms with Crippen LogP contribution in [0.2, 0.25) is 5.15 Å². The molecule has 0 atom stereocenters. The summed E-state index contributed by atoms with van der Waals surface area (Å²) in [5.41, 5.74) is 2.44. The number of rotatable bonds is 3. The van der Waals surface area contributed by atoms with Crippen LogP contribution in [0.4, 0.5) is 0 Å². The van der Waals surface area contributed by atoms with E-state index in [4.69, 9.17) is 21.4 Å². The van der Waals surface area contributed by atoms with Crippen LogP contribution in [-0.2, 0) is 0 Å². The number of methoxy groups -OCH3 is 1. The highest BCUT2D eigenvalue weighted by Gasteiger charge is 2.08. The van der Waals surface area contributed by atoms with E-state index in [0.717, 1.165) is 27.8 Å². The molecular formula is C19H15ClN2O2. The van der Waals surface area contributed by atoms with Gasteiger partial charge in [0.15, 0.2) is 5.82 Å². The SMILES string of the molecule is COc1ccc(-c2nc(Cl)c3cc(C#CCCO)ccc3n2)cc1. The van der Waals surface area contributed by atoms with E-state index in [-0.39, 0.29) is 6.61 Å². The van der Waals surface area contributed by atoms with Crippen LogP contribution in [0.1, 0.15) is 12.0 Å². The average Bonchev–Trinajstić information content (AvgIpc) is 2.62. The van der Waals surface area contributed by atoms with Crippen molar-refractivity contribution in [3.05, 3.63) is 53.2 Å². The van der Waals surface area contributed by atoms with E-state index in [1.165, 1.54) is 0 Å². The fourth-order valence-electron chi connectivity index (χ4n) is 2.26. The summed E-state index contributed by atoms with van der Waals surface area (Å²) in [6, 6.07) is 13.1. The van der Waals surface area contributed by atoms with Gasteiger partial charge in [-0.1, -0.05) is 23.4 Å². The number of nitrogens with zero attached hydrogens (tertiary/aromatic N) is 2. The van der Waals surface area contributed by atoms with Gasteiger partial charge in [-0.15, -0.1) is 0 Å². The molecule has 1 N–H and O–H groups in total. The summed E-state index contributed by atoms with van der Waals surface area (Å²) in [6.07, 6.45) is 0.443. The average molecular weight is 339 g/mol. The molecule has 0 fully saturated rings. The Hall–Kier alpha value is -2.61. The Morgan fingerprint density at radius 2 is 1.92 bits per heavy atom. The van der Waals surface area contributed by atoms with Crippen molar-refractivity contribution in [2.24, 2.45) is 0 Å². The Labute approximate surface area is 145 Å². The van der Waals surface area contributed by atoms with Crippen molar-refractivity contribution in [2.45, 2.75) is 6.42 Å². The van der Waals surface area contributed by atoms with Crippen LogP contribution in [0.3, 0.4) is 0 Å². The molecule has 0 aliphatic heterocycles. The third-order valence-electron chi connectivity index (χ3n) is 3.47. The summed E-state index contributed by atoms with van der Waals surface area (Å²) < 4.78 is 5.16. The zero-order valence-electron chi connectivity index (χ0n) is 13.1. The van der Waals surface area contributed by atoms with Gasteiger partial charge in [0.25, 0.3) is 0 Å². The van der Waals surface area contributed by atoms with Gasteiger partial charge in [-0.05, 0) is 42.5 Å². The Morgan fingerprint density at radius 3 is 2.62 bits per heavy atom. The first-order chi connectivity index (χ1) is 11.7. The van der Waals surface area contributed by atoms with Crippen LogP contribution in [0.5, 0.6) is 5.75 Å². The highest BCUT2D eigenvalue weighted by atomic mass is 35.5. The topological polar surface area (TPSA) is 55.2 Å². The first-order valence-corrected chi connectivity index (χ1v) is 7.80. The Kier molecular flexibility index (Phi) is 4.95. The molecule has 0 bridgehead atoms. The van der Waals surface area contributed by atoms with Gasteiger partial charge in [-0.2, -0.15) is 0 Å². The van der Waals surface area contributed by atoms with Gasteiger partial charge in [0.05, 0.1) is 19.2 Å². The zero-order chi connectivity index (χ0) is 16.9. The minimum atomic E-state index is 0.0513. The van der Waals surface area contributed by atoms with Crippen molar-refractivity contribution in [3.63, 3.8) is 0 Å². The first-order valence-electron chi connectivity index (χ1n) is 7.42. The van der Waals surface area contributed by atoms with Crippen LogP contribution in [0.15, 0.2) is 42.5 Å². The van der Waals surface area contributed by atoms with E-state index in [2.05, 4.69) is 21.8 Å². The molecule has 2 aromatic carbocycles. The molecule has 3 rings (SSSR count). The van der Waals surface area contributed by atoms with Gasteiger partial charge in [0.2, 0.25) is 0 Å². The maximum absolute atomic E-state index is 8.78. The minimum absolute atomic E-state index is 0.0513. The Bertz CT molecular complexity index is 928. The first kappa shape index (κ1) is 16.3. The number of benzene rings is 2. The molecule has 5 heteroatoms. The number of fused-ring (bicyclic) bond motifs is 1. The largest absolute Gasteiger partial charge is 0.497 e. The number of aromatic nitrogens is 2. The molecule has 0 radical (unpaired) electrons. The summed E-state index contributed by atoms with van der Waals surface area (Å²) in [6.45, 7) is 0.0513. The van der Waals surface area contributed by atoms with Gasteiger partial charge in [0.1, 0.15) is 10.9 Å². The molecule has 0 aliphatic rings. The molecule has 3 aromatic rings. The van der Waals surface area contributed by atoms with Crippen LogP contribution < -0.4 is 4.74 Å². The summed E-state index contributed by atoms with van der Waals surface area (Å²) in [7, 11) is 1.62. The van der Waals surface area contributed by atoms with Crippen LogP contribution in [-0.4, -0.2) is 28.8 Å². The van der Waals surface area contributed by atoms with E-state index >= 15 is 0 Å². The van der Waals surface area contributed by atoms with Crippen molar-refractivity contribution >= 4 is 22.5 Å². The fraction of sp³-hybridized carbons (Fsp3) is 0.158. The van der Waals surface area contributed by atoms with Gasteiger partial charge in [-0.3, -0.25) is 0 Å². The summed E-state index contributed by atoms with van der Waals surface area (Å²) in [4.78, 5) is 8.96. The maximum atomic E-state index is 8.78. The molecule has 0 aliphatic carbocycles. The molecule has 1 heterocycles. The van der Waals surface area contributed by atoms with Gasteiger partial charge >= 0.3 is 0 Å². The van der Waals surface area contributed by atoms with Gasteiger partial charge in [0, 0.05) is 22.9 Å². The number of aliphatic hydroxyl groups excluding tert-OH is 1. The highest BCUT2D eigenvalue weighted by molar-refractivity contribution is 6.34. The normalized spacial score (nSPS) is 10.3. The van der Waals surface area contributed by atoms with Crippen molar-refractivity contribution in [1.29, 1.82) is 0 Å². The Morgan fingerprint density at radius 1 is 1.12 bits per heavy atom. The Balaban J connectivity index is 2.01.